The molecule has 0 unspecified atom stereocenters. The molecule has 0 spiro atoms. The smallest absolute Gasteiger partial charge is 0.309 e. The van der Waals surface area contributed by atoms with Crippen LogP contribution in [0.15, 0.2) is 36.8 Å². The molecular weight excluding hydrogens is 516 g/mol. The molecule has 41 heavy (non-hydrogen) atoms. The zero-order valence-electron chi connectivity index (χ0n) is 25.3. The third-order valence-corrected chi connectivity index (χ3v) is 9.43. The molecule has 2 heterocycles. The third kappa shape index (κ3) is 11.6. The molecule has 2 aromatic heterocycles. The van der Waals surface area contributed by atoms with Gasteiger partial charge in [0.05, 0.1) is 23.7 Å². The third-order valence-electron chi connectivity index (χ3n) is 9.43. The van der Waals surface area contributed by atoms with Crippen molar-refractivity contribution in [3.63, 3.8) is 0 Å². The van der Waals surface area contributed by atoms with Crippen LogP contribution in [0.2, 0.25) is 0 Å². The van der Waals surface area contributed by atoms with Crippen molar-refractivity contribution in [3.05, 3.63) is 48.0 Å². The van der Waals surface area contributed by atoms with Gasteiger partial charge >= 0.3 is 5.97 Å². The van der Waals surface area contributed by atoms with E-state index < -0.39 is 23.6 Å². The van der Waals surface area contributed by atoms with Crippen molar-refractivity contribution in [2.75, 3.05) is 0 Å². The molecule has 1 aliphatic rings. The van der Waals surface area contributed by atoms with E-state index in [1.54, 1.807) is 0 Å². The summed E-state index contributed by atoms with van der Waals surface area (Å²) < 4.78 is 0. The Bertz CT molecular complexity index is 946. The number of carboxylic acid groups (broad SMARTS) is 1. The molecule has 0 aromatic carbocycles. The van der Waals surface area contributed by atoms with Crippen molar-refractivity contribution in [2.45, 2.75) is 140 Å². The van der Waals surface area contributed by atoms with E-state index in [9.17, 15) is 25.2 Å². The van der Waals surface area contributed by atoms with Crippen molar-refractivity contribution < 1.29 is 25.2 Å². The summed E-state index contributed by atoms with van der Waals surface area (Å²) in [4.78, 5) is 18.4. The largest absolute Gasteiger partial charge is 0.481 e. The summed E-state index contributed by atoms with van der Waals surface area (Å²) in [6.45, 7) is 2.21. The maximum Gasteiger partial charge on any atom is 0.309 e. The zero-order chi connectivity index (χ0) is 29.5. The normalized spacial score (nSPS) is 23.0. The quantitative estimate of drug-likeness (QED) is 0.0866. The van der Waals surface area contributed by atoms with E-state index in [0.717, 1.165) is 69.9 Å². The average Bonchev–Trinajstić information content (AvgIpc) is 3.70. The second kappa shape index (κ2) is 17.8. The van der Waals surface area contributed by atoms with Gasteiger partial charge in [-0.15, -0.1) is 0 Å². The van der Waals surface area contributed by atoms with Crippen molar-refractivity contribution in [3.8, 4) is 0 Å². The number of aromatic nitrogens is 2. The molecular formula is C34H56N2O5. The molecule has 0 amide bonds. The van der Waals surface area contributed by atoms with Crippen LogP contribution in [0.3, 0.4) is 0 Å². The summed E-state index contributed by atoms with van der Waals surface area (Å²) in [7, 11) is 0. The van der Waals surface area contributed by atoms with Gasteiger partial charge in [-0.05, 0) is 93.4 Å². The van der Waals surface area contributed by atoms with Gasteiger partial charge in [0.1, 0.15) is 0 Å². The first-order valence-electron chi connectivity index (χ1n) is 16.4. The second-order valence-electron chi connectivity index (χ2n) is 12.8. The second-order valence-corrected chi connectivity index (χ2v) is 12.8. The Morgan fingerprint density at radius 2 is 1.66 bits per heavy atom. The fourth-order valence-electron chi connectivity index (χ4n) is 6.99. The molecule has 0 aliphatic heterocycles. The molecule has 232 valence electrons. The lowest BCUT2D eigenvalue weighted by atomic mass is 9.81. The molecule has 1 aliphatic carbocycles. The van der Waals surface area contributed by atoms with Crippen LogP contribution in [-0.4, -0.2) is 54.2 Å². The molecule has 1 fully saturated rings. The van der Waals surface area contributed by atoms with Gasteiger partial charge in [0.2, 0.25) is 0 Å². The van der Waals surface area contributed by atoms with Crippen LogP contribution < -0.4 is 0 Å². The number of hydrogen-bond acceptors (Lipinski definition) is 4. The van der Waals surface area contributed by atoms with Gasteiger partial charge in [-0.25, -0.2) is 0 Å². The van der Waals surface area contributed by atoms with E-state index in [4.69, 9.17) is 0 Å². The van der Waals surface area contributed by atoms with Crippen LogP contribution in [0.4, 0.5) is 0 Å². The SMILES string of the molecule is CCCCCCC[C@H](O)CCCCCC[C@H](C(=O)O)[C@H](O)CC[C@@]1(O)C[C@@H](Cc2cc[nH]c2)C[C@H]1Cc1ccc[nH]1. The molecule has 0 radical (unpaired) electrons. The number of aromatic amines is 2. The molecule has 6 atom stereocenters. The maximum atomic E-state index is 12.0. The highest BCUT2D eigenvalue weighted by molar-refractivity contribution is 5.70. The first-order valence-corrected chi connectivity index (χ1v) is 16.4. The highest BCUT2D eigenvalue weighted by Crippen LogP contribution is 2.46. The van der Waals surface area contributed by atoms with Gasteiger partial charge in [-0.3, -0.25) is 4.79 Å². The fraction of sp³-hybridized carbons (Fsp3) is 0.735. The topological polar surface area (TPSA) is 130 Å². The Morgan fingerprint density at radius 3 is 2.27 bits per heavy atom. The number of aliphatic hydroxyl groups excluding tert-OH is 2. The Labute approximate surface area is 247 Å². The molecule has 7 nitrogen and oxygen atoms in total. The predicted octanol–water partition coefficient (Wildman–Crippen LogP) is 6.79. The van der Waals surface area contributed by atoms with Crippen molar-refractivity contribution in [1.29, 1.82) is 0 Å². The van der Waals surface area contributed by atoms with E-state index >= 15 is 0 Å². The van der Waals surface area contributed by atoms with Crippen LogP contribution in [0.25, 0.3) is 0 Å². The number of aliphatic hydroxyl groups is 3. The number of nitrogens with one attached hydrogen (secondary N) is 2. The molecule has 2 aromatic rings. The summed E-state index contributed by atoms with van der Waals surface area (Å²) in [5.41, 5.74) is 1.41. The first-order chi connectivity index (χ1) is 19.8. The average molecular weight is 573 g/mol. The van der Waals surface area contributed by atoms with Crippen LogP contribution in [0, 0.1) is 17.8 Å². The van der Waals surface area contributed by atoms with Gasteiger partial charge in [-0.1, -0.05) is 64.7 Å². The molecule has 6 N–H and O–H groups in total. The lowest BCUT2D eigenvalue weighted by Crippen LogP contribution is -2.37. The van der Waals surface area contributed by atoms with E-state index in [2.05, 4.69) is 23.0 Å². The fourth-order valence-corrected chi connectivity index (χ4v) is 6.99. The number of rotatable bonds is 22. The van der Waals surface area contributed by atoms with Gasteiger partial charge in [0.15, 0.2) is 0 Å². The summed E-state index contributed by atoms with van der Waals surface area (Å²) in [6, 6.07) is 6.10. The zero-order valence-corrected chi connectivity index (χ0v) is 25.3. The predicted molar refractivity (Wildman–Crippen MR) is 164 cm³/mol. The van der Waals surface area contributed by atoms with Crippen LogP contribution in [0.1, 0.15) is 121 Å². The minimum Gasteiger partial charge on any atom is -0.481 e. The summed E-state index contributed by atoms with van der Waals surface area (Å²) in [5.74, 6) is -1.36. The minimum absolute atomic E-state index is 0.0623. The van der Waals surface area contributed by atoms with E-state index in [1.807, 2.05) is 30.7 Å². The van der Waals surface area contributed by atoms with Crippen molar-refractivity contribution in [1.82, 2.24) is 9.97 Å². The van der Waals surface area contributed by atoms with Crippen LogP contribution >= 0.6 is 0 Å². The first kappa shape index (κ1) is 33.4. The summed E-state index contributed by atoms with van der Waals surface area (Å²) in [5, 5.41) is 42.8. The number of hydrogen-bond donors (Lipinski definition) is 6. The van der Waals surface area contributed by atoms with E-state index in [-0.39, 0.29) is 18.4 Å². The van der Waals surface area contributed by atoms with Gasteiger partial charge in [0.25, 0.3) is 0 Å². The van der Waals surface area contributed by atoms with Gasteiger partial charge < -0.3 is 30.4 Å². The number of aliphatic carboxylic acids is 1. The lowest BCUT2D eigenvalue weighted by molar-refractivity contribution is -0.146. The highest BCUT2D eigenvalue weighted by atomic mass is 16.4. The number of H-pyrrole nitrogens is 2. The Kier molecular flexibility index (Phi) is 14.5. The molecule has 0 bridgehead atoms. The number of carbonyl (C=O) groups is 1. The van der Waals surface area contributed by atoms with E-state index in [1.165, 1.54) is 31.2 Å². The number of carboxylic acids is 1. The van der Waals surface area contributed by atoms with Gasteiger partial charge in [-0.2, -0.15) is 0 Å². The molecule has 3 rings (SSSR count). The summed E-state index contributed by atoms with van der Waals surface area (Å²) >= 11 is 0. The lowest BCUT2D eigenvalue weighted by Gasteiger charge is -2.32. The van der Waals surface area contributed by atoms with Crippen molar-refractivity contribution in [2.24, 2.45) is 17.8 Å². The molecule has 1 saturated carbocycles. The Hall–Kier alpha value is -2.09. The molecule has 7 heteroatoms. The summed E-state index contributed by atoms with van der Waals surface area (Å²) in [6.07, 6.45) is 20.3. The van der Waals surface area contributed by atoms with Crippen LogP contribution in [-0.2, 0) is 17.6 Å². The molecule has 0 saturated heterocycles. The van der Waals surface area contributed by atoms with Crippen molar-refractivity contribution >= 4 is 5.97 Å². The standard InChI is InChI=1S/C34H56N2O5/c1-2-3-4-5-8-13-30(37)14-9-6-7-10-15-31(33(39)40)32(38)16-18-34(41)24-27(21-26-17-20-35-25-26)22-28(34)23-29-12-11-19-36-29/h11-12,17,19-20,25,27-28,30-32,35-38,41H,2-10,13-16,18,21-24H2,1H3,(H,39,40)/t27-,28-,30-,31-,32+,34+/m0/s1. The Balaban J connectivity index is 1.41. The monoisotopic (exact) mass is 572 g/mol. The Morgan fingerprint density at radius 1 is 0.951 bits per heavy atom. The maximum absolute atomic E-state index is 12.0. The number of unbranched alkanes of at least 4 members (excludes halogenated alkanes) is 7. The van der Waals surface area contributed by atoms with Gasteiger partial charge in [0, 0.05) is 24.3 Å². The van der Waals surface area contributed by atoms with E-state index in [0.29, 0.717) is 25.2 Å². The minimum atomic E-state index is -0.971. The highest BCUT2D eigenvalue weighted by Gasteiger charge is 2.46. The van der Waals surface area contributed by atoms with Crippen LogP contribution in [0.5, 0.6) is 0 Å².